The second-order valence-corrected chi connectivity index (χ2v) is 11.0. The van der Waals surface area contributed by atoms with Crippen LogP contribution < -0.4 is 10.6 Å². The molecule has 1 atom stereocenters. The zero-order valence-corrected chi connectivity index (χ0v) is 19.6. The van der Waals surface area contributed by atoms with E-state index in [2.05, 4.69) is 10.6 Å². The van der Waals surface area contributed by atoms with Crippen molar-refractivity contribution in [3.05, 3.63) is 48.0 Å². The lowest BCUT2D eigenvalue weighted by Crippen LogP contribution is -2.43. The van der Waals surface area contributed by atoms with Gasteiger partial charge in [0.2, 0.25) is 21.8 Å². The Morgan fingerprint density at radius 2 is 2.00 bits per heavy atom. The molecular weight excluding hydrogens is 446 g/mol. The summed E-state index contributed by atoms with van der Waals surface area (Å²) in [5.74, 6) is -0.614. The van der Waals surface area contributed by atoms with Gasteiger partial charge in [-0.25, -0.2) is 8.42 Å². The second kappa shape index (κ2) is 9.64. The van der Waals surface area contributed by atoms with Crippen LogP contribution in [0.2, 0.25) is 0 Å². The molecule has 4 rings (SSSR count). The summed E-state index contributed by atoms with van der Waals surface area (Å²) in [6, 6.07) is 12.5. The number of benzene rings is 2. The maximum atomic E-state index is 13.3. The molecule has 0 spiro atoms. The maximum Gasteiger partial charge on any atom is 0.243 e. The average Bonchev–Trinajstić information content (AvgIpc) is 2.99. The van der Waals surface area contributed by atoms with Gasteiger partial charge in [-0.1, -0.05) is 6.07 Å². The summed E-state index contributed by atoms with van der Waals surface area (Å²) in [4.78, 5) is 25.9. The Morgan fingerprint density at radius 3 is 2.81 bits per heavy atom. The monoisotopic (exact) mass is 473 g/mol. The van der Waals surface area contributed by atoms with Crippen LogP contribution in [0, 0.1) is 5.92 Å². The molecule has 0 radical (unpaired) electrons. The minimum absolute atomic E-state index is 0.0488. The van der Waals surface area contributed by atoms with E-state index in [1.54, 1.807) is 23.9 Å². The molecule has 2 N–H and O–H groups in total. The molecule has 1 saturated heterocycles. The number of sulfonamides is 1. The van der Waals surface area contributed by atoms with Crippen molar-refractivity contribution in [3.63, 3.8) is 0 Å². The van der Waals surface area contributed by atoms with Gasteiger partial charge in [0.05, 0.1) is 10.8 Å². The van der Waals surface area contributed by atoms with Crippen LogP contribution in [0.1, 0.15) is 31.2 Å². The molecule has 2 aromatic carbocycles. The summed E-state index contributed by atoms with van der Waals surface area (Å²) in [6.07, 6.45) is 5.02. The third kappa shape index (κ3) is 5.00. The van der Waals surface area contributed by atoms with Crippen LogP contribution in [0.15, 0.2) is 52.3 Å². The third-order valence-electron chi connectivity index (χ3n) is 5.93. The van der Waals surface area contributed by atoms with Crippen molar-refractivity contribution in [2.75, 3.05) is 30.0 Å². The highest BCUT2D eigenvalue weighted by Gasteiger charge is 2.34. The molecule has 1 fully saturated rings. The Labute approximate surface area is 193 Å². The van der Waals surface area contributed by atoms with Crippen LogP contribution in [-0.4, -0.2) is 43.9 Å². The normalized spacial score (nSPS) is 19.5. The minimum atomic E-state index is -3.73. The number of hydrogen-bond acceptors (Lipinski definition) is 5. The quantitative estimate of drug-likeness (QED) is 0.646. The fraction of sp³-hybridized carbons (Fsp3) is 0.391. The number of carbonyl (C=O) groups is 2. The van der Waals surface area contributed by atoms with Gasteiger partial charge >= 0.3 is 0 Å². The van der Waals surface area contributed by atoms with E-state index in [0.29, 0.717) is 44.3 Å². The number of thioether (sulfide) groups is 1. The van der Waals surface area contributed by atoms with E-state index in [-0.39, 0.29) is 23.3 Å². The largest absolute Gasteiger partial charge is 0.326 e. The summed E-state index contributed by atoms with van der Waals surface area (Å²) in [7, 11) is -3.73. The minimum Gasteiger partial charge on any atom is -0.326 e. The molecule has 2 heterocycles. The first-order valence-electron chi connectivity index (χ1n) is 10.7. The van der Waals surface area contributed by atoms with Crippen molar-refractivity contribution in [1.82, 2.24) is 4.31 Å². The van der Waals surface area contributed by atoms with E-state index in [4.69, 9.17) is 0 Å². The van der Waals surface area contributed by atoms with Crippen LogP contribution in [0.25, 0.3) is 0 Å². The van der Waals surface area contributed by atoms with E-state index in [1.165, 1.54) is 10.4 Å². The molecule has 2 aliphatic heterocycles. The fourth-order valence-electron chi connectivity index (χ4n) is 4.18. The Bertz CT molecular complexity index is 1130. The Morgan fingerprint density at radius 1 is 1.16 bits per heavy atom. The number of carbonyl (C=O) groups excluding carboxylic acids is 2. The number of piperidine rings is 1. The molecule has 0 aliphatic carbocycles. The SMILES string of the molecule is CSc1cccc(NC(=O)C2CCCN(S(=O)(=O)c3ccc4c(c3)CCCC(=O)N4)C2)c1. The van der Waals surface area contributed by atoms with Crippen LogP contribution >= 0.6 is 11.8 Å². The zero-order valence-electron chi connectivity index (χ0n) is 18.0. The van der Waals surface area contributed by atoms with E-state index < -0.39 is 15.9 Å². The lowest BCUT2D eigenvalue weighted by Gasteiger charge is -2.31. The highest BCUT2D eigenvalue weighted by Crippen LogP contribution is 2.29. The van der Waals surface area contributed by atoms with Crippen molar-refractivity contribution in [3.8, 4) is 0 Å². The predicted molar refractivity (Wildman–Crippen MR) is 126 cm³/mol. The Hall–Kier alpha value is -2.36. The molecular formula is C23H27N3O4S2. The fourth-order valence-corrected chi connectivity index (χ4v) is 6.21. The molecule has 7 nitrogen and oxygen atoms in total. The van der Waals surface area contributed by atoms with Gasteiger partial charge in [-0.2, -0.15) is 4.31 Å². The lowest BCUT2D eigenvalue weighted by molar-refractivity contribution is -0.121. The molecule has 2 amide bonds. The predicted octanol–water partition coefficient (Wildman–Crippen LogP) is 3.72. The number of amides is 2. The zero-order chi connectivity index (χ0) is 22.7. The number of fused-ring (bicyclic) bond motifs is 1. The highest BCUT2D eigenvalue weighted by molar-refractivity contribution is 7.98. The maximum absolute atomic E-state index is 13.3. The molecule has 2 aromatic rings. The number of hydrogen-bond donors (Lipinski definition) is 2. The van der Waals surface area contributed by atoms with Gasteiger partial charge in [-0.3, -0.25) is 9.59 Å². The molecule has 9 heteroatoms. The summed E-state index contributed by atoms with van der Waals surface area (Å²) in [6.45, 7) is 0.548. The van der Waals surface area contributed by atoms with Crippen molar-refractivity contribution in [2.45, 2.75) is 41.9 Å². The van der Waals surface area contributed by atoms with Gasteiger partial charge in [0, 0.05) is 35.8 Å². The third-order valence-corrected chi connectivity index (χ3v) is 8.52. The number of nitrogens with zero attached hydrogens (tertiary/aromatic N) is 1. The average molecular weight is 474 g/mol. The summed E-state index contributed by atoms with van der Waals surface area (Å²) in [5, 5.41) is 5.77. The van der Waals surface area contributed by atoms with Crippen LogP contribution in [0.3, 0.4) is 0 Å². The second-order valence-electron chi connectivity index (χ2n) is 8.14. The molecule has 170 valence electrons. The molecule has 1 unspecified atom stereocenters. The molecule has 0 saturated carbocycles. The van der Waals surface area contributed by atoms with Crippen molar-refractivity contribution in [1.29, 1.82) is 0 Å². The van der Waals surface area contributed by atoms with Crippen LogP contribution in [-0.2, 0) is 26.0 Å². The van der Waals surface area contributed by atoms with Gasteiger partial charge in [0.25, 0.3) is 0 Å². The van der Waals surface area contributed by atoms with Gasteiger partial charge in [0.15, 0.2) is 0 Å². The number of aryl methyl sites for hydroxylation is 1. The topological polar surface area (TPSA) is 95.6 Å². The van der Waals surface area contributed by atoms with Gasteiger partial charge in [-0.05, 0) is 73.9 Å². The van der Waals surface area contributed by atoms with Crippen LogP contribution in [0.4, 0.5) is 11.4 Å². The summed E-state index contributed by atoms with van der Waals surface area (Å²) < 4.78 is 28.1. The van der Waals surface area contributed by atoms with Gasteiger partial charge < -0.3 is 10.6 Å². The Kier molecular flexibility index (Phi) is 6.88. The van der Waals surface area contributed by atoms with E-state index in [0.717, 1.165) is 16.1 Å². The molecule has 32 heavy (non-hydrogen) atoms. The first kappa shape index (κ1) is 22.8. The standard InChI is InChI=1S/C23H27N3O4S2/c1-31-19-8-3-7-18(14-19)24-23(28)17-6-4-12-26(15-17)32(29,30)20-10-11-21-16(13-20)5-2-9-22(27)25-21/h3,7-8,10-11,13-14,17H,2,4-6,9,12,15H2,1H3,(H,24,28)(H,25,27). The highest BCUT2D eigenvalue weighted by atomic mass is 32.2. The van der Waals surface area contributed by atoms with Crippen molar-refractivity contribution >= 4 is 45.0 Å². The van der Waals surface area contributed by atoms with Crippen molar-refractivity contribution < 1.29 is 18.0 Å². The Balaban J connectivity index is 1.49. The van der Waals surface area contributed by atoms with Crippen molar-refractivity contribution in [2.24, 2.45) is 5.92 Å². The smallest absolute Gasteiger partial charge is 0.243 e. The molecule has 2 aliphatic rings. The van der Waals surface area contributed by atoms with Crippen LogP contribution in [0.5, 0.6) is 0 Å². The molecule has 0 aromatic heterocycles. The first-order valence-corrected chi connectivity index (χ1v) is 13.4. The lowest BCUT2D eigenvalue weighted by atomic mass is 9.99. The van der Waals surface area contributed by atoms with E-state index in [1.807, 2.05) is 30.5 Å². The van der Waals surface area contributed by atoms with E-state index in [9.17, 15) is 18.0 Å². The number of rotatable bonds is 5. The summed E-state index contributed by atoms with van der Waals surface area (Å²) in [5.41, 5.74) is 2.22. The number of anilines is 2. The number of nitrogens with one attached hydrogen (secondary N) is 2. The molecule has 0 bridgehead atoms. The van der Waals surface area contributed by atoms with E-state index >= 15 is 0 Å². The van der Waals surface area contributed by atoms with Gasteiger partial charge in [-0.15, -0.1) is 11.8 Å². The summed E-state index contributed by atoms with van der Waals surface area (Å²) >= 11 is 1.60. The first-order chi connectivity index (χ1) is 15.4. The van der Waals surface area contributed by atoms with Gasteiger partial charge in [0.1, 0.15) is 0 Å².